The van der Waals surface area contributed by atoms with Gasteiger partial charge in [0.05, 0.1) is 4.92 Å². The van der Waals surface area contributed by atoms with E-state index in [-0.39, 0.29) is 17.4 Å². The molecule has 114 valence electrons. The van der Waals surface area contributed by atoms with Gasteiger partial charge in [0.15, 0.2) is 0 Å². The highest BCUT2D eigenvalue weighted by Crippen LogP contribution is 2.25. The Morgan fingerprint density at radius 2 is 2.14 bits per heavy atom. The highest BCUT2D eigenvalue weighted by molar-refractivity contribution is 9.10. The van der Waals surface area contributed by atoms with Crippen LogP contribution in [0.25, 0.3) is 0 Å². The van der Waals surface area contributed by atoms with Crippen LogP contribution in [0.15, 0.2) is 16.7 Å². The zero-order valence-electron chi connectivity index (χ0n) is 11.5. The van der Waals surface area contributed by atoms with E-state index in [1.54, 1.807) is 0 Å². The Balaban J connectivity index is 1.88. The van der Waals surface area contributed by atoms with E-state index in [1.165, 1.54) is 18.7 Å². The SMILES string of the molecule is O=C(CCNc1ncc(Br)cc1[N+](=O)[O-])N1CCCCC1. The molecule has 1 aliphatic rings. The number of amides is 1. The molecule has 0 bridgehead atoms. The van der Waals surface area contributed by atoms with Gasteiger partial charge >= 0.3 is 5.69 Å². The first-order valence-electron chi connectivity index (χ1n) is 6.89. The van der Waals surface area contributed by atoms with Gasteiger partial charge in [-0.1, -0.05) is 0 Å². The average molecular weight is 357 g/mol. The van der Waals surface area contributed by atoms with E-state index in [9.17, 15) is 14.9 Å². The molecule has 1 aromatic heterocycles. The minimum absolute atomic E-state index is 0.0852. The molecular formula is C13H17BrN4O3. The third-order valence-corrected chi connectivity index (χ3v) is 3.80. The molecule has 2 rings (SSSR count). The summed E-state index contributed by atoms with van der Waals surface area (Å²) in [5.41, 5.74) is -0.102. The maximum absolute atomic E-state index is 12.0. The van der Waals surface area contributed by atoms with Crippen molar-refractivity contribution in [2.75, 3.05) is 25.0 Å². The molecule has 0 atom stereocenters. The molecular weight excluding hydrogens is 340 g/mol. The molecule has 0 aliphatic carbocycles. The maximum Gasteiger partial charge on any atom is 0.312 e. The van der Waals surface area contributed by atoms with Crippen molar-refractivity contribution in [2.45, 2.75) is 25.7 Å². The number of aromatic nitrogens is 1. The number of nitro groups is 1. The third kappa shape index (κ3) is 4.38. The summed E-state index contributed by atoms with van der Waals surface area (Å²) in [6.07, 6.45) is 5.09. The molecule has 2 heterocycles. The van der Waals surface area contributed by atoms with Gasteiger partial charge in [-0.3, -0.25) is 14.9 Å². The van der Waals surface area contributed by atoms with Crippen molar-refractivity contribution in [3.8, 4) is 0 Å². The van der Waals surface area contributed by atoms with E-state index in [0.717, 1.165) is 25.9 Å². The van der Waals surface area contributed by atoms with Crippen molar-refractivity contribution in [3.05, 3.63) is 26.9 Å². The minimum Gasteiger partial charge on any atom is -0.364 e. The maximum atomic E-state index is 12.0. The number of hydrogen-bond donors (Lipinski definition) is 1. The fourth-order valence-electron chi connectivity index (χ4n) is 2.29. The number of carbonyl (C=O) groups is 1. The van der Waals surface area contributed by atoms with Gasteiger partial charge < -0.3 is 10.2 Å². The van der Waals surface area contributed by atoms with Crippen LogP contribution in [0, 0.1) is 10.1 Å². The normalized spacial score (nSPS) is 14.8. The van der Waals surface area contributed by atoms with E-state index >= 15 is 0 Å². The standard InChI is InChI=1S/C13H17BrN4O3/c14-10-8-11(18(20)21)13(16-9-10)15-5-4-12(19)17-6-2-1-3-7-17/h8-9H,1-7H2,(H,15,16). The number of halogens is 1. The Bertz CT molecular complexity index is 532. The second-order valence-electron chi connectivity index (χ2n) is 4.90. The molecule has 1 aromatic rings. The number of anilines is 1. The summed E-state index contributed by atoms with van der Waals surface area (Å²) < 4.78 is 0.546. The molecule has 0 radical (unpaired) electrons. The van der Waals surface area contributed by atoms with Crippen LogP contribution in [0.1, 0.15) is 25.7 Å². The summed E-state index contributed by atoms with van der Waals surface area (Å²) in [6.45, 7) is 1.97. The highest BCUT2D eigenvalue weighted by Gasteiger charge is 2.18. The van der Waals surface area contributed by atoms with Gasteiger partial charge in [0.25, 0.3) is 0 Å². The van der Waals surface area contributed by atoms with Gasteiger partial charge in [-0.2, -0.15) is 0 Å². The summed E-state index contributed by atoms with van der Waals surface area (Å²) >= 11 is 3.15. The second-order valence-corrected chi connectivity index (χ2v) is 5.81. The van der Waals surface area contributed by atoms with Crippen molar-refractivity contribution in [2.24, 2.45) is 0 Å². The average Bonchev–Trinajstić information content (AvgIpc) is 2.49. The number of pyridine rings is 1. The van der Waals surface area contributed by atoms with Gasteiger partial charge in [0.1, 0.15) is 0 Å². The molecule has 0 spiro atoms. The summed E-state index contributed by atoms with van der Waals surface area (Å²) in [7, 11) is 0. The van der Waals surface area contributed by atoms with Crippen molar-refractivity contribution in [1.29, 1.82) is 0 Å². The van der Waals surface area contributed by atoms with Crippen LogP contribution >= 0.6 is 15.9 Å². The molecule has 1 aliphatic heterocycles. The predicted molar refractivity (Wildman–Crippen MR) is 82.1 cm³/mol. The number of hydrogen-bond acceptors (Lipinski definition) is 5. The molecule has 0 saturated carbocycles. The monoisotopic (exact) mass is 356 g/mol. The van der Waals surface area contributed by atoms with Crippen molar-refractivity contribution >= 4 is 33.3 Å². The number of piperidine rings is 1. The molecule has 1 saturated heterocycles. The Hall–Kier alpha value is -1.70. The lowest BCUT2D eigenvalue weighted by molar-refractivity contribution is -0.384. The van der Waals surface area contributed by atoms with E-state index in [2.05, 4.69) is 26.2 Å². The molecule has 8 heteroatoms. The van der Waals surface area contributed by atoms with Gasteiger partial charge in [-0.15, -0.1) is 0 Å². The molecule has 1 N–H and O–H groups in total. The van der Waals surface area contributed by atoms with Crippen molar-refractivity contribution in [1.82, 2.24) is 9.88 Å². The van der Waals surface area contributed by atoms with Crippen LogP contribution in [-0.4, -0.2) is 40.3 Å². The topological polar surface area (TPSA) is 88.4 Å². The van der Waals surface area contributed by atoms with Crippen LogP contribution in [0.2, 0.25) is 0 Å². The fourth-order valence-corrected chi connectivity index (χ4v) is 2.61. The summed E-state index contributed by atoms with van der Waals surface area (Å²) in [4.78, 5) is 28.3. The second kappa shape index (κ2) is 7.35. The first-order chi connectivity index (χ1) is 10.1. The number of rotatable bonds is 5. The fraction of sp³-hybridized carbons (Fsp3) is 0.538. The first kappa shape index (κ1) is 15.7. The molecule has 7 nitrogen and oxygen atoms in total. The van der Waals surface area contributed by atoms with Gasteiger partial charge in [0.2, 0.25) is 11.7 Å². The largest absolute Gasteiger partial charge is 0.364 e. The zero-order chi connectivity index (χ0) is 15.2. The van der Waals surface area contributed by atoms with Crippen molar-refractivity contribution < 1.29 is 9.72 Å². The van der Waals surface area contributed by atoms with Crippen LogP contribution in [0.3, 0.4) is 0 Å². The van der Waals surface area contributed by atoms with Gasteiger partial charge in [-0.25, -0.2) is 4.98 Å². The lowest BCUT2D eigenvalue weighted by atomic mass is 10.1. The van der Waals surface area contributed by atoms with E-state index < -0.39 is 4.92 Å². The van der Waals surface area contributed by atoms with Gasteiger partial charge in [-0.05, 0) is 35.2 Å². The lowest BCUT2D eigenvalue weighted by Crippen LogP contribution is -2.36. The van der Waals surface area contributed by atoms with Crippen LogP contribution < -0.4 is 5.32 Å². The molecule has 1 fully saturated rings. The zero-order valence-corrected chi connectivity index (χ0v) is 13.1. The summed E-state index contributed by atoms with van der Waals surface area (Å²) in [6, 6.07) is 1.39. The number of likely N-dealkylation sites (tertiary alicyclic amines) is 1. The van der Waals surface area contributed by atoms with Gasteiger partial charge in [0, 0.05) is 42.8 Å². The molecule has 1 amide bonds. The molecule has 0 unspecified atom stereocenters. The number of nitrogens with zero attached hydrogens (tertiary/aromatic N) is 3. The van der Waals surface area contributed by atoms with E-state index in [4.69, 9.17) is 0 Å². The Kier molecular flexibility index (Phi) is 5.49. The quantitative estimate of drug-likeness (QED) is 0.646. The lowest BCUT2D eigenvalue weighted by Gasteiger charge is -2.26. The third-order valence-electron chi connectivity index (χ3n) is 3.37. The summed E-state index contributed by atoms with van der Waals surface area (Å²) in [5.74, 6) is 0.275. The number of nitrogens with one attached hydrogen (secondary N) is 1. The van der Waals surface area contributed by atoms with Crippen LogP contribution in [0.5, 0.6) is 0 Å². The number of carbonyl (C=O) groups excluding carboxylic acids is 1. The van der Waals surface area contributed by atoms with Crippen LogP contribution in [-0.2, 0) is 4.79 Å². The molecule has 21 heavy (non-hydrogen) atoms. The van der Waals surface area contributed by atoms with E-state index in [1.807, 2.05) is 4.90 Å². The smallest absolute Gasteiger partial charge is 0.312 e. The molecule has 0 aromatic carbocycles. The first-order valence-corrected chi connectivity index (χ1v) is 7.69. The summed E-state index contributed by atoms with van der Waals surface area (Å²) in [5, 5.41) is 13.8. The highest BCUT2D eigenvalue weighted by atomic mass is 79.9. The predicted octanol–water partition coefficient (Wildman–Crippen LogP) is 2.57. The minimum atomic E-state index is -0.494. The van der Waals surface area contributed by atoms with Crippen LogP contribution in [0.4, 0.5) is 11.5 Å². The van der Waals surface area contributed by atoms with Crippen molar-refractivity contribution in [3.63, 3.8) is 0 Å². The Labute approximate surface area is 131 Å². The Morgan fingerprint density at radius 3 is 2.81 bits per heavy atom. The van der Waals surface area contributed by atoms with E-state index in [0.29, 0.717) is 17.4 Å². The Morgan fingerprint density at radius 1 is 1.43 bits per heavy atom.